The van der Waals surface area contributed by atoms with Crippen molar-refractivity contribution in [2.24, 2.45) is 0 Å². The molecule has 32 heavy (non-hydrogen) atoms. The lowest BCUT2D eigenvalue weighted by atomic mass is 10.1. The van der Waals surface area contributed by atoms with E-state index in [9.17, 15) is 4.79 Å². The van der Waals surface area contributed by atoms with Crippen LogP contribution in [0, 0.1) is 0 Å². The highest BCUT2D eigenvalue weighted by Gasteiger charge is 2.13. The zero-order valence-electron chi connectivity index (χ0n) is 17.0. The van der Waals surface area contributed by atoms with Gasteiger partial charge in [0.2, 0.25) is 12.7 Å². The Labute approximate surface area is 188 Å². The number of hydrogen-bond donors (Lipinski definition) is 1. The van der Waals surface area contributed by atoms with Crippen LogP contribution in [0.1, 0.15) is 5.56 Å². The van der Waals surface area contributed by atoms with Crippen molar-refractivity contribution in [3.8, 4) is 28.4 Å². The van der Waals surface area contributed by atoms with Gasteiger partial charge in [-0.25, -0.2) is 4.98 Å². The van der Waals surface area contributed by atoms with Crippen LogP contribution in [0.4, 0.5) is 0 Å². The molecule has 0 saturated heterocycles. The zero-order valence-corrected chi connectivity index (χ0v) is 17.8. The summed E-state index contributed by atoms with van der Waals surface area (Å²) in [5, 5.41) is 12.1. The van der Waals surface area contributed by atoms with Gasteiger partial charge in [0, 0.05) is 30.2 Å². The number of benzene rings is 2. The molecule has 160 valence electrons. The van der Waals surface area contributed by atoms with Crippen molar-refractivity contribution >= 4 is 17.7 Å². The number of amides is 1. The van der Waals surface area contributed by atoms with Gasteiger partial charge in [-0.1, -0.05) is 30.0 Å². The Kier molecular flexibility index (Phi) is 5.71. The van der Waals surface area contributed by atoms with E-state index in [-0.39, 0.29) is 18.5 Å². The van der Waals surface area contributed by atoms with Crippen molar-refractivity contribution in [3.63, 3.8) is 0 Å². The fourth-order valence-corrected chi connectivity index (χ4v) is 3.85. The number of aromatic nitrogens is 4. The summed E-state index contributed by atoms with van der Waals surface area (Å²) in [4.78, 5) is 16.3. The molecule has 0 radical (unpaired) electrons. The molecule has 8 nitrogen and oxygen atoms in total. The van der Waals surface area contributed by atoms with Crippen molar-refractivity contribution in [2.45, 2.75) is 11.6 Å². The molecule has 5 rings (SSSR count). The number of hydrogen-bond acceptors (Lipinski definition) is 7. The summed E-state index contributed by atoms with van der Waals surface area (Å²) < 4.78 is 12.6. The van der Waals surface area contributed by atoms with E-state index in [1.54, 1.807) is 12.5 Å². The number of nitrogens with one attached hydrogen (secondary N) is 1. The summed E-state index contributed by atoms with van der Waals surface area (Å²) in [5.41, 5.74) is 3.73. The summed E-state index contributed by atoms with van der Waals surface area (Å²) in [6, 6.07) is 17.4. The first-order valence-corrected chi connectivity index (χ1v) is 10.9. The van der Waals surface area contributed by atoms with E-state index >= 15 is 0 Å². The van der Waals surface area contributed by atoms with Gasteiger partial charge in [-0.2, -0.15) is 0 Å². The van der Waals surface area contributed by atoms with Gasteiger partial charge >= 0.3 is 0 Å². The molecule has 2 aromatic carbocycles. The van der Waals surface area contributed by atoms with Crippen LogP contribution in [0.15, 0.2) is 78.3 Å². The van der Waals surface area contributed by atoms with Crippen molar-refractivity contribution in [2.75, 3.05) is 12.5 Å². The summed E-state index contributed by atoms with van der Waals surface area (Å²) in [6.45, 7) is 0.661. The minimum Gasteiger partial charge on any atom is -0.454 e. The molecular formula is C23H19N5O3S. The molecule has 1 aliphatic rings. The van der Waals surface area contributed by atoms with Crippen molar-refractivity contribution in [3.05, 3.63) is 78.9 Å². The number of fused-ring (bicyclic) bond motifs is 1. The van der Waals surface area contributed by atoms with E-state index in [1.807, 2.05) is 65.4 Å². The van der Waals surface area contributed by atoms with E-state index in [1.165, 1.54) is 11.8 Å². The Morgan fingerprint density at radius 3 is 2.69 bits per heavy atom. The fourth-order valence-electron chi connectivity index (χ4n) is 3.21. The summed E-state index contributed by atoms with van der Waals surface area (Å²) in [5.74, 6) is 1.62. The molecule has 0 atom stereocenters. The molecule has 0 aliphatic carbocycles. The number of carbonyl (C=O) groups is 1. The third-order valence-corrected chi connectivity index (χ3v) is 5.80. The number of ether oxygens (including phenoxy) is 2. The molecule has 0 spiro atoms. The highest BCUT2D eigenvalue weighted by atomic mass is 32.2. The summed E-state index contributed by atoms with van der Waals surface area (Å²) in [7, 11) is 0. The molecule has 9 heteroatoms. The van der Waals surface area contributed by atoms with E-state index in [4.69, 9.17) is 9.47 Å². The van der Waals surface area contributed by atoms with Crippen LogP contribution in [0.2, 0.25) is 0 Å². The maximum absolute atomic E-state index is 12.2. The monoisotopic (exact) mass is 445 g/mol. The molecule has 0 fully saturated rings. The normalized spacial score (nSPS) is 12.0. The number of thioether (sulfide) groups is 1. The van der Waals surface area contributed by atoms with Crippen LogP contribution >= 0.6 is 11.8 Å². The molecule has 1 amide bonds. The molecule has 2 aromatic heterocycles. The second kappa shape index (κ2) is 9.11. The van der Waals surface area contributed by atoms with Gasteiger partial charge < -0.3 is 19.4 Å². The van der Waals surface area contributed by atoms with Crippen molar-refractivity contribution in [1.82, 2.24) is 25.1 Å². The predicted octanol–water partition coefficient (Wildman–Crippen LogP) is 3.47. The SMILES string of the molecule is O=C(CSc1ccc(-c2ccc(-n3ccnc3)cc2)nn1)NCc1ccc2c(c1)OCO2. The minimum atomic E-state index is -0.0753. The standard InChI is InChI=1S/C23H19N5O3S/c29-22(25-12-16-1-7-20-21(11-16)31-15-30-20)13-32-23-8-6-19(26-27-23)17-2-4-18(5-3-17)28-10-9-24-14-28/h1-11,14H,12-13,15H2,(H,25,29). The second-order valence-electron chi connectivity index (χ2n) is 7.03. The number of imidazole rings is 1. The maximum atomic E-state index is 12.2. The average molecular weight is 446 g/mol. The first-order valence-electron chi connectivity index (χ1n) is 9.95. The molecule has 1 N–H and O–H groups in total. The van der Waals surface area contributed by atoms with Crippen LogP contribution in [0.25, 0.3) is 16.9 Å². The largest absolute Gasteiger partial charge is 0.454 e. The summed E-state index contributed by atoms with van der Waals surface area (Å²) in [6.07, 6.45) is 5.39. The molecule has 1 aliphatic heterocycles. The van der Waals surface area contributed by atoms with Crippen LogP contribution in [0.5, 0.6) is 11.5 Å². The Bertz CT molecular complexity index is 1210. The van der Waals surface area contributed by atoms with E-state index in [0.29, 0.717) is 17.3 Å². The molecule has 0 saturated carbocycles. The van der Waals surface area contributed by atoms with Crippen LogP contribution in [0.3, 0.4) is 0 Å². The molecule has 0 bridgehead atoms. The summed E-state index contributed by atoms with van der Waals surface area (Å²) >= 11 is 1.35. The number of nitrogens with zero attached hydrogens (tertiary/aromatic N) is 4. The van der Waals surface area contributed by atoms with Crippen LogP contribution < -0.4 is 14.8 Å². The lowest BCUT2D eigenvalue weighted by Crippen LogP contribution is -2.24. The Hall–Kier alpha value is -3.85. The lowest BCUT2D eigenvalue weighted by molar-refractivity contribution is -0.118. The number of rotatable bonds is 7. The number of carbonyl (C=O) groups excluding carboxylic acids is 1. The van der Waals surface area contributed by atoms with Gasteiger partial charge in [0.15, 0.2) is 11.5 Å². The third-order valence-electron chi connectivity index (χ3n) is 4.88. The zero-order chi connectivity index (χ0) is 21.8. The quantitative estimate of drug-likeness (QED) is 0.436. The Morgan fingerprint density at radius 1 is 1.03 bits per heavy atom. The molecule has 0 unspecified atom stereocenters. The van der Waals surface area contributed by atoms with Gasteiger partial charge in [0.25, 0.3) is 0 Å². The van der Waals surface area contributed by atoms with E-state index < -0.39 is 0 Å². The fraction of sp³-hybridized carbons (Fsp3) is 0.130. The van der Waals surface area contributed by atoms with Gasteiger partial charge in [-0.15, -0.1) is 10.2 Å². The van der Waals surface area contributed by atoms with Gasteiger partial charge in [0.05, 0.1) is 17.8 Å². The Balaban J connectivity index is 1.12. The first-order chi connectivity index (χ1) is 15.7. The molecule has 4 aromatic rings. The van der Waals surface area contributed by atoms with Gasteiger partial charge in [-0.05, 0) is 42.0 Å². The van der Waals surface area contributed by atoms with Gasteiger partial charge in [0.1, 0.15) is 5.03 Å². The lowest BCUT2D eigenvalue weighted by Gasteiger charge is -2.07. The van der Waals surface area contributed by atoms with E-state index in [0.717, 1.165) is 28.3 Å². The highest BCUT2D eigenvalue weighted by molar-refractivity contribution is 7.99. The van der Waals surface area contributed by atoms with Crippen molar-refractivity contribution < 1.29 is 14.3 Å². The van der Waals surface area contributed by atoms with E-state index in [2.05, 4.69) is 20.5 Å². The predicted molar refractivity (Wildman–Crippen MR) is 120 cm³/mol. The topological polar surface area (TPSA) is 91.2 Å². The minimum absolute atomic E-state index is 0.0753. The second-order valence-corrected chi connectivity index (χ2v) is 8.02. The van der Waals surface area contributed by atoms with Crippen LogP contribution in [-0.2, 0) is 11.3 Å². The molecular weight excluding hydrogens is 426 g/mol. The first kappa shape index (κ1) is 20.1. The molecule has 3 heterocycles. The highest BCUT2D eigenvalue weighted by Crippen LogP contribution is 2.32. The van der Waals surface area contributed by atoms with Crippen molar-refractivity contribution in [1.29, 1.82) is 0 Å². The smallest absolute Gasteiger partial charge is 0.231 e. The maximum Gasteiger partial charge on any atom is 0.231 e. The average Bonchev–Trinajstić information content (AvgIpc) is 3.54. The third kappa shape index (κ3) is 4.57. The van der Waals surface area contributed by atoms with Crippen LogP contribution in [-0.4, -0.2) is 38.2 Å². The van der Waals surface area contributed by atoms with Gasteiger partial charge in [-0.3, -0.25) is 4.79 Å². The Morgan fingerprint density at radius 2 is 1.91 bits per heavy atom.